The van der Waals surface area contributed by atoms with Crippen LogP contribution in [0.4, 0.5) is 10.2 Å². The molecule has 2 aromatic rings. The number of hydrazone groups is 1. The lowest BCUT2D eigenvalue weighted by Gasteiger charge is -2.40. The molecule has 2 aromatic heterocycles. The predicted molar refractivity (Wildman–Crippen MR) is 106 cm³/mol. The van der Waals surface area contributed by atoms with E-state index in [1.165, 1.54) is 17.4 Å². The van der Waals surface area contributed by atoms with Crippen molar-refractivity contribution in [2.45, 2.75) is 31.7 Å². The standard InChI is InChI=1S/C21H20FN7O/c22-15-7-14(10-24-11-15)18-1-5-27-29(18)20(30)17-2-6-28(12-21(17)3-4-21)19-8-16(9-23)25-13-26-19/h5,7-8,10-11,13,17-18H,1-4,6,12H2/t17-,18-/m1/s1. The van der Waals surface area contributed by atoms with Gasteiger partial charge in [0.1, 0.15) is 29.7 Å². The number of aromatic nitrogens is 3. The van der Waals surface area contributed by atoms with E-state index in [9.17, 15) is 9.18 Å². The van der Waals surface area contributed by atoms with Gasteiger partial charge in [-0.3, -0.25) is 9.78 Å². The molecular formula is C21H20FN7O. The van der Waals surface area contributed by atoms with Gasteiger partial charge in [0.2, 0.25) is 5.91 Å². The summed E-state index contributed by atoms with van der Waals surface area (Å²) in [6.45, 7) is 1.39. The maximum absolute atomic E-state index is 13.7. The molecule has 1 saturated heterocycles. The van der Waals surface area contributed by atoms with Crippen LogP contribution in [0.25, 0.3) is 0 Å². The molecule has 1 aliphatic carbocycles. The smallest absolute Gasteiger partial charge is 0.247 e. The molecule has 3 aliphatic rings. The largest absolute Gasteiger partial charge is 0.356 e. The van der Waals surface area contributed by atoms with Crippen LogP contribution in [0.1, 0.15) is 43.0 Å². The normalized spacial score (nSPS) is 24.1. The lowest BCUT2D eigenvalue weighted by Crippen LogP contribution is -2.48. The van der Waals surface area contributed by atoms with Gasteiger partial charge in [-0.25, -0.2) is 19.4 Å². The lowest BCUT2D eigenvalue weighted by atomic mass is 9.81. The van der Waals surface area contributed by atoms with Crippen LogP contribution in [0, 0.1) is 28.5 Å². The summed E-state index contributed by atoms with van der Waals surface area (Å²) in [5.74, 6) is 0.169. The highest BCUT2D eigenvalue weighted by molar-refractivity contribution is 5.83. The number of pyridine rings is 1. The second-order valence-electron chi connectivity index (χ2n) is 8.17. The van der Waals surface area contributed by atoms with E-state index in [0.29, 0.717) is 30.6 Å². The Morgan fingerprint density at radius 2 is 2.13 bits per heavy atom. The first kappa shape index (κ1) is 18.6. The van der Waals surface area contributed by atoms with Crippen molar-refractivity contribution in [1.82, 2.24) is 20.0 Å². The molecule has 9 heteroatoms. The minimum Gasteiger partial charge on any atom is -0.356 e. The summed E-state index contributed by atoms with van der Waals surface area (Å²) < 4.78 is 13.7. The molecule has 8 nitrogen and oxygen atoms in total. The molecule has 1 amide bonds. The number of halogens is 1. The minimum atomic E-state index is -0.416. The van der Waals surface area contributed by atoms with Crippen molar-refractivity contribution in [2.75, 3.05) is 18.0 Å². The molecular weight excluding hydrogens is 385 g/mol. The quantitative estimate of drug-likeness (QED) is 0.778. The maximum atomic E-state index is 13.7. The third kappa shape index (κ3) is 3.18. The number of hydrogen-bond donors (Lipinski definition) is 0. The fraction of sp³-hybridized carbons (Fsp3) is 0.429. The van der Waals surface area contributed by atoms with E-state index in [0.717, 1.165) is 31.4 Å². The highest BCUT2D eigenvalue weighted by Gasteiger charge is 2.56. The van der Waals surface area contributed by atoms with Crippen LogP contribution < -0.4 is 4.90 Å². The molecule has 1 saturated carbocycles. The first-order valence-electron chi connectivity index (χ1n) is 10.0. The highest BCUT2D eigenvalue weighted by atomic mass is 19.1. The summed E-state index contributed by atoms with van der Waals surface area (Å²) in [7, 11) is 0. The Morgan fingerprint density at radius 3 is 2.90 bits per heavy atom. The van der Waals surface area contributed by atoms with E-state index >= 15 is 0 Å². The van der Waals surface area contributed by atoms with Crippen LogP contribution in [0.5, 0.6) is 0 Å². The zero-order valence-electron chi connectivity index (χ0n) is 16.3. The van der Waals surface area contributed by atoms with Crippen molar-refractivity contribution in [3.05, 3.63) is 47.9 Å². The third-order valence-electron chi connectivity index (χ3n) is 6.38. The van der Waals surface area contributed by atoms with Gasteiger partial charge in [0.25, 0.3) is 0 Å². The van der Waals surface area contributed by atoms with Crippen LogP contribution in [0.3, 0.4) is 0 Å². The van der Waals surface area contributed by atoms with Crippen molar-refractivity contribution in [2.24, 2.45) is 16.4 Å². The average molecular weight is 405 g/mol. The van der Waals surface area contributed by atoms with Crippen LogP contribution in [-0.4, -0.2) is 45.2 Å². The van der Waals surface area contributed by atoms with Gasteiger partial charge >= 0.3 is 0 Å². The van der Waals surface area contributed by atoms with Gasteiger partial charge < -0.3 is 4.90 Å². The predicted octanol–water partition coefficient (Wildman–Crippen LogP) is 2.45. The van der Waals surface area contributed by atoms with Crippen molar-refractivity contribution in [1.29, 1.82) is 5.26 Å². The minimum absolute atomic E-state index is 0.00411. The van der Waals surface area contributed by atoms with Gasteiger partial charge in [0, 0.05) is 43.9 Å². The fourth-order valence-corrected chi connectivity index (χ4v) is 4.66. The topological polar surface area (TPSA) is 98.4 Å². The number of carbonyl (C=O) groups excluding carboxylic acids is 1. The number of piperidine rings is 1. The summed E-state index contributed by atoms with van der Waals surface area (Å²) in [4.78, 5) is 27.8. The highest BCUT2D eigenvalue weighted by Crippen LogP contribution is 2.57. The van der Waals surface area contributed by atoms with E-state index in [-0.39, 0.29) is 23.3 Å². The second-order valence-corrected chi connectivity index (χ2v) is 8.17. The molecule has 2 aliphatic heterocycles. The van der Waals surface area contributed by atoms with E-state index in [1.807, 2.05) is 6.07 Å². The number of anilines is 1. The third-order valence-corrected chi connectivity index (χ3v) is 6.38. The molecule has 152 valence electrons. The first-order chi connectivity index (χ1) is 14.6. The molecule has 5 rings (SSSR count). The number of rotatable bonds is 3. The van der Waals surface area contributed by atoms with Crippen LogP contribution in [0.15, 0.2) is 36.0 Å². The summed E-state index contributed by atoms with van der Waals surface area (Å²) >= 11 is 0. The summed E-state index contributed by atoms with van der Waals surface area (Å²) in [5, 5.41) is 15.0. The maximum Gasteiger partial charge on any atom is 0.247 e. The molecule has 2 atom stereocenters. The molecule has 4 heterocycles. The van der Waals surface area contributed by atoms with Gasteiger partial charge in [0.15, 0.2) is 0 Å². The number of nitrogens with zero attached hydrogens (tertiary/aromatic N) is 7. The van der Waals surface area contributed by atoms with Crippen molar-refractivity contribution >= 4 is 17.9 Å². The number of carbonyl (C=O) groups is 1. The summed E-state index contributed by atoms with van der Waals surface area (Å²) in [6, 6.07) is 4.85. The Hall–Kier alpha value is -3.41. The fourth-order valence-electron chi connectivity index (χ4n) is 4.66. The van der Waals surface area contributed by atoms with Gasteiger partial charge in [-0.05, 0) is 36.3 Å². The molecule has 0 N–H and O–H groups in total. The van der Waals surface area contributed by atoms with Gasteiger partial charge in [-0.1, -0.05) is 0 Å². The van der Waals surface area contributed by atoms with Crippen LogP contribution >= 0.6 is 0 Å². The molecule has 2 fully saturated rings. The number of amides is 1. The first-order valence-corrected chi connectivity index (χ1v) is 10.0. The average Bonchev–Trinajstić information content (AvgIpc) is 3.34. The molecule has 0 bridgehead atoms. The van der Waals surface area contributed by atoms with Crippen molar-refractivity contribution in [3.63, 3.8) is 0 Å². The molecule has 0 aromatic carbocycles. The van der Waals surface area contributed by atoms with E-state index in [4.69, 9.17) is 5.26 Å². The Kier molecular flexibility index (Phi) is 4.42. The SMILES string of the molecule is N#Cc1cc(N2CC[C@H](C(=O)N3N=CC[C@@H]3c3cncc(F)c3)C3(CC3)C2)ncn1. The van der Waals surface area contributed by atoms with Crippen LogP contribution in [-0.2, 0) is 4.79 Å². The molecule has 30 heavy (non-hydrogen) atoms. The number of nitriles is 1. The lowest BCUT2D eigenvalue weighted by molar-refractivity contribution is -0.140. The van der Waals surface area contributed by atoms with E-state index < -0.39 is 5.82 Å². The zero-order valence-corrected chi connectivity index (χ0v) is 16.3. The Labute approximate surface area is 173 Å². The molecule has 0 unspecified atom stereocenters. The summed E-state index contributed by atoms with van der Waals surface area (Å²) in [6.07, 6.45) is 9.06. The Bertz CT molecular complexity index is 1060. The van der Waals surface area contributed by atoms with E-state index in [1.54, 1.807) is 18.5 Å². The summed E-state index contributed by atoms with van der Waals surface area (Å²) in [5.41, 5.74) is 0.893. The van der Waals surface area contributed by atoms with Crippen molar-refractivity contribution in [3.8, 4) is 6.07 Å². The number of hydrogen-bond acceptors (Lipinski definition) is 7. The second kappa shape index (κ2) is 7.13. The van der Waals surface area contributed by atoms with Gasteiger partial charge in [0.05, 0.1) is 12.2 Å². The zero-order chi connectivity index (χ0) is 20.7. The Morgan fingerprint density at radius 1 is 1.27 bits per heavy atom. The molecule has 1 spiro atoms. The van der Waals surface area contributed by atoms with Gasteiger partial charge in [-0.2, -0.15) is 10.4 Å². The monoisotopic (exact) mass is 405 g/mol. The van der Waals surface area contributed by atoms with Crippen LogP contribution in [0.2, 0.25) is 0 Å². The van der Waals surface area contributed by atoms with Crippen molar-refractivity contribution < 1.29 is 9.18 Å². The molecule has 0 radical (unpaired) electrons. The van der Waals surface area contributed by atoms with E-state index in [2.05, 4.69) is 25.0 Å². The Balaban J connectivity index is 1.35. The van der Waals surface area contributed by atoms with Gasteiger partial charge in [-0.15, -0.1) is 0 Å².